The Bertz CT molecular complexity index is 1480. The first kappa shape index (κ1) is 25.9. The van der Waals surface area contributed by atoms with Crippen molar-refractivity contribution in [3.8, 4) is 0 Å². The zero-order valence-electron chi connectivity index (χ0n) is 18.9. The standard InChI is InChI=1S/C25H21ClN4O3S3/c1-2-15-30(22-14-7-6-13-21(22)26)36(32,33)20-12-8-11-19(16-20)23(31)27-24-28-29-25(35-24)34-17-18-9-4-3-5-10-18/h2-14,16H,1,15,17H2,(H,27,28,31). The lowest BCUT2D eigenvalue weighted by Crippen LogP contribution is -2.31. The predicted molar refractivity (Wildman–Crippen MR) is 146 cm³/mol. The van der Waals surface area contributed by atoms with Gasteiger partial charge in [-0.25, -0.2) is 8.42 Å². The van der Waals surface area contributed by atoms with E-state index in [9.17, 15) is 13.2 Å². The van der Waals surface area contributed by atoms with Gasteiger partial charge in [0.05, 0.1) is 22.2 Å². The summed E-state index contributed by atoms with van der Waals surface area (Å²) in [6.45, 7) is 3.67. The van der Waals surface area contributed by atoms with Gasteiger partial charge >= 0.3 is 0 Å². The number of nitrogens with zero attached hydrogens (tertiary/aromatic N) is 3. The number of nitrogens with one attached hydrogen (secondary N) is 1. The second kappa shape index (κ2) is 11.7. The van der Waals surface area contributed by atoms with Crippen molar-refractivity contribution in [2.45, 2.75) is 15.0 Å². The summed E-state index contributed by atoms with van der Waals surface area (Å²) in [5, 5.41) is 11.5. The molecular formula is C25H21ClN4O3S3. The summed E-state index contributed by atoms with van der Waals surface area (Å²) in [5.74, 6) is 0.242. The van der Waals surface area contributed by atoms with Crippen molar-refractivity contribution in [2.75, 3.05) is 16.2 Å². The molecule has 0 aliphatic heterocycles. The maximum absolute atomic E-state index is 13.5. The summed E-state index contributed by atoms with van der Waals surface area (Å²) in [5.41, 5.74) is 1.65. The molecule has 0 bridgehead atoms. The first-order valence-electron chi connectivity index (χ1n) is 10.7. The first-order valence-corrected chi connectivity index (χ1v) is 14.3. The fourth-order valence-corrected chi connectivity index (χ4v) is 6.72. The number of carbonyl (C=O) groups excluding carboxylic acids is 1. The van der Waals surface area contributed by atoms with Crippen LogP contribution in [0.4, 0.5) is 10.8 Å². The van der Waals surface area contributed by atoms with Gasteiger partial charge < -0.3 is 0 Å². The molecule has 7 nitrogen and oxygen atoms in total. The highest BCUT2D eigenvalue weighted by atomic mass is 35.5. The molecule has 0 saturated carbocycles. The number of anilines is 2. The van der Waals surface area contributed by atoms with Gasteiger partial charge in [-0.2, -0.15) is 0 Å². The normalized spacial score (nSPS) is 11.1. The molecule has 184 valence electrons. The van der Waals surface area contributed by atoms with Gasteiger partial charge in [0, 0.05) is 11.3 Å². The fraction of sp³-hybridized carbons (Fsp3) is 0.0800. The second-order valence-corrected chi connectivity index (χ2v) is 11.9. The van der Waals surface area contributed by atoms with Crippen LogP contribution in [-0.2, 0) is 15.8 Å². The molecule has 36 heavy (non-hydrogen) atoms. The topological polar surface area (TPSA) is 92.3 Å². The molecule has 3 aromatic carbocycles. The molecule has 1 heterocycles. The van der Waals surface area contributed by atoms with Gasteiger partial charge in [0.25, 0.3) is 15.9 Å². The number of thioether (sulfide) groups is 1. The molecule has 4 aromatic rings. The van der Waals surface area contributed by atoms with Crippen LogP contribution in [0, 0.1) is 0 Å². The van der Waals surface area contributed by atoms with Gasteiger partial charge in [0.1, 0.15) is 0 Å². The Hall–Kier alpha value is -3.18. The lowest BCUT2D eigenvalue weighted by atomic mass is 10.2. The van der Waals surface area contributed by atoms with Crippen LogP contribution in [0.5, 0.6) is 0 Å². The van der Waals surface area contributed by atoms with E-state index >= 15 is 0 Å². The number of amides is 1. The lowest BCUT2D eigenvalue weighted by molar-refractivity contribution is 0.102. The molecule has 0 unspecified atom stereocenters. The van der Waals surface area contributed by atoms with Crippen LogP contribution in [0.3, 0.4) is 0 Å². The van der Waals surface area contributed by atoms with Crippen molar-refractivity contribution in [3.05, 3.63) is 108 Å². The van der Waals surface area contributed by atoms with E-state index in [0.717, 1.165) is 15.6 Å². The minimum Gasteiger partial charge on any atom is -0.296 e. The minimum atomic E-state index is -4.03. The average molecular weight is 557 g/mol. The number of para-hydroxylation sites is 1. The van der Waals surface area contributed by atoms with Gasteiger partial charge in [-0.05, 0) is 35.9 Å². The quantitative estimate of drug-likeness (QED) is 0.144. The number of carbonyl (C=O) groups is 1. The van der Waals surface area contributed by atoms with E-state index in [0.29, 0.717) is 15.2 Å². The van der Waals surface area contributed by atoms with Crippen molar-refractivity contribution < 1.29 is 13.2 Å². The van der Waals surface area contributed by atoms with E-state index < -0.39 is 15.9 Å². The largest absolute Gasteiger partial charge is 0.296 e. The number of aromatic nitrogens is 2. The Kier molecular flexibility index (Phi) is 8.42. The number of halogens is 1. The Labute approximate surface area is 222 Å². The first-order chi connectivity index (χ1) is 17.4. The van der Waals surface area contributed by atoms with Gasteiger partial charge in [-0.1, -0.05) is 89.3 Å². The average Bonchev–Trinajstić information content (AvgIpc) is 3.34. The highest BCUT2D eigenvalue weighted by Crippen LogP contribution is 2.31. The summed E-state index contributed by atoms with van der Waals surface area (Å²) in [4.78, 5) is 12.8. The summed E-state index contributed by atoms with van der Waals surface area (Å²) in [6, 6.07) is 22.4. The maximum Gasteiger partial charge on any atom is 0.264 e. The summed E-state index contributed by atoms with van der Waals surface area (Å²) >= 11 is 9.03. The van der Waals surface area contributed by atoms with E-state index in [1.165, 1.54) is 53.4 Å². The third-order valence-electron chi connectivity index (χ3n) is 4.93. The molecule has 1 amide bonds. The van der Waals surface area contributed by atoms with Crippen molar-refractivity contribution in [1.82, 2.24) is 10.2 Å². The fourth-order valence-electron chi connectivity index (χ4n) is 3.23. The van der Waals surface area contributed by atoms with Crippen LogP contribution in [0.2, 0.25) is 5.02 Å². The molecule has 0 aliphatic carbocycles. The van der Waals surface area contributed by atoms with Gasteiger partial charge in [-0.15, -0.1) is 16.8 Å². The molecule has 0 spiro atoms. The highest BCUT2D eigenvalue weighted by molar-refractivity contribution is 8.00. The van der Waals surface area contributed by atoms with Crippen molar-refractivity contribution in [1.29, 1.82) is 0 Å². The molecular weight excluding hydrogens is 536 g/mol. The Morgan fingerprint density at radius 2 is 1.81 bits per heavy atom. The van der Waals surface area contributed by atoms with Gasteiger partial charge in [0.15, 0.2) is 4.34 Å². The maximum atomic E-state index is 13.5. The summed E-state index contributed by atoms with van der Waals surface area (Å²) < 4.78 is 28.8. The Morgan fingerprint density at radius 3 is 2.56 bits per heavy atom. The molecule has 4 rings (SSSR count). The Morgan fingerprint density at radius 1 is 1.06 bits per heavy atom. The minimum absolute atomic E-state index is 0.0106. The van der Waals surface area contributed by atoms with E-state index in [-0.39, 0.29) is 22.0 Å². The van der Waals surface area contributed by atoms with Crippen LogP contribution in [0.15, 0.2) is 101 Å². The monoisotopic (exact) mass is 556 g/mol. The summed E-state index contributed by atoms with van der Waals surface area (Å²) in [7, 11) is -4.03. The number of benzene rings is 3. The molecule has 0 aliphatic rings. The van der Waals surface area contributed by atoms with Gasteiger partial charge in [0.2, 0.25) is 5.13 Å². The van der Waals surface area contributed by atoms with Crippen molar-refractivity contribution >= 4 is 61.4 Å². The zero-order chi connectivity index (χ0) is 25.5. The zero-order valence-corrected chi connectivity index (χ0v) is 22.1. The van der Waals surface area contributed by atoms with Crippen LogP contribution >= 0.6 is 34.7 Å². The number of rotatable bonds is 10. The molecule has 11 heteroatoms. The molecule has 0 atom stereocenters. The third kappa shape index (κ3) is 6.14. The molecule has 1 aromatic heterocycles. The van der Waals surface area contributed by atoms with E-state index in [2.05, 4.69) is 22.1 Å². The SMILES string of the molecule is C=CCN(c1ccccc1Cl)S(=O)(=O)c1cccc(C(=O)Nc2nnc(SCc3ccccc3)s2)c1. The van der Waals surface area contributed by atoms with Crippen molar-refractivity contribution in [2.24, 2.45) is 0 Å². The van der Waals surface area contributed by atoms with E-state index in [1.54, 1.807) is 24.3 Å². The second-order valence-electron chi connectivity index (χ2n) is 7.41. The number of hydrogen-bond donors (Lipinski definition) is 1. The molecule has 0 saturated heterocycles. The molecule has 0 fully saturated rings. The number of hydrogen-bond acceptors (Lipinski definition) is 7. The van der Waals surface area contributed by atoms with Crippen LogP contribution in [0.25, 0.3) is 0 Å². The third-order valence-corrected chi connectivity index (χ3v) is 9.07. The summed E-state index contributed by atoms with van der Waals surface area (Å²) in [6.07, 6.45) is 1.47. The highest BCUT2D eigenvalue weighted by Gasteiger charge is 2.26. The van der Waals surface area contributed by atoms with Crippen molar-refractivity contribution in [3.63, 3.8) is 0 Å². The Balaban J connectivity index is 1.50. The van der Waals surface area contributed by atoms with Crippen LogP contribution in [-0.4, -0.2) is 31.1 Å². The lowest BCUT2D eigenvalue weighted by Gasteiger charge is -2.24. The smallest absolute Gasteiger partial charge is 0.264 e. The molecule has 1 N–H and O–H groups in total. The van der Waals surface area contributed by atoms with E-state index in [1.807, 2.05) is 30.3 Å². The van der Waals surface area contributed by atoms with Crippen LogP contribution < -0.4 is 9.62 Å². The predicted octanol–water partition coefficient (Wildman–Crippen LogP) is 6.12. The number of sulfonamides is 1. The van der Waals surface area contributed by atoms with Crippen LogP contribution in [0.1, 0.15) is 15.9 Å². The van der Waals surface area contributed by atoms with E-state index in [4.69, 9.17) is 11.6 Å². The molecule has 0 radical (unpaired) electrons. The van der Waals surface area contributed by atoms with Gasteiger partial charge in [-0.3, -0.25) is 14.4 Å².